The molecular formula is C33H43N3O4S. The van der Waals surface area contributed by atoms with E-state index in [4.69, 9.17) is 0 Å². The highest BCUT2D eigenvalue weighted by atomic mass is 32.2. The first-order chi connectivity index (χ1) is 19.5. The van der Waals surface area contributed by atoms with Crippen LogP contribution in [0.3, 0.4) is 0 Å². The predicted molar refractivity (Wildman–Crippen MR) is 166 cm³/mol. The van der Waals surface area contributed by atoms with E-state index in [2.05, 4.69) is 5.32 Å². The van der Waals surface area contributed by atoms with E-state index in [0.717, 1.165) is 28.7 Å². The van der Waals surface area contributed by atoms with Crippen molar-refractivity contribution in [2.75, 3.05) is 17.1 Å². The number of nitrogens with zero attached hydrogens (tertiary/aromatic N) is 2. The van der Waals surface area contributed by atoms with Crippen LogP contribution in [-0.2, 0) is 32.6 Å². The lowest BCUT2D eigenvalue weighted by Crippen LogP contribution is -2.52. The molecule has 1 N–H and O–H groups in total. The molecule has 0 unspecified atom stereocenters. The van der Waals surface area contributed by atoms with Crippen LogP contribution in [0.4, 0.5) is 5.69 Å². The van der Waals surface area contributed by atoms with E-state index in [9.17, 15) is 18.0 Å². The topological polar surface area (TPSA) is 86.8 Å². The second kappa shape index (κ2) is 14.8. The predicted octanol–water partition coefficient (Wildman–Crippen LogP) is 5.40. The lowest BCUT2D eigenvalue weighted by Gasteiger charge is -2.32. The summed E-state index contributed by atoms with van der Waals surface area (Å²) in [6.45, 7) is 8.26. The fraction of sp³-hybridized carbons (Fsp3) is 0.394. The van der Waals surface area contributed by atoms with E-state index < -0.39 is 16.1 Å². The highest BCUT2D eigenvalue weighted by Gasteiger charge is 2.31. The van der Waals surface area contributed by atoms with Crippen molar-refractivity contribution >= 4 is 27.5 Å². The Kier molecular flexibility index (Phi) is 11.5. The smallest absolute Gasteiger partial charge is 0.243 e. The van der Waals surface area contributed by atoms with Crippen molar-refractivity contribution in [3.05, 3.63) is 101 Å². The largest absolute Gasteiger partial charge is 0.352 e. The Morgan fingerprint density at radius 2 is 1.44 bits per heavy atom. The van der Waals surface area contributed by atoms with Gasteiger partial charge in [0.05, 0.1) is 11.9 Å². The van der Waals surface area contributed by atoms with Gasteiger partial charge in [-0.3, -0.25) is 13.9 Å². The Morgan fingerprint density at radius 1 is 0.878 bits per heavy atom. The quantitative estimate of drug-likeness (QED) is 0.278. The summed E-state index contributed by atoms with van der Waals surface area (Å²) in [5, 5.41) is 3.08. The van der Waals surface area contributed by atoms with Gasteiger partial charge in [-0.1, -0.05) is 73.7 Å². The van der Waals surface area contributed by atoms with Gasteiger partial charge in [0.25, 0.3) is 0 Å². The van der Waals surface area contributed by atoms with Gasteiger partial charge in [-0.15, -0.1) is 0 Å². The molecule has 0 aromatic heterocycles. The summed E-state index contributed by atoms with van der Waals surface area (Å²) in [5.74, 6) is -0.386. The summed E-state index contributed by atoms with van der Waals surface area (Å²) in [7, 11) is -3.56. The Balaban J connectivity index is 1.88. The van der Waals surface area contributed by atoms with Crippen LogP contribution in [0.5, 0.6) is 0 Å². The number of anilines is 1. The normalized spacial score (nSPS) is 12.8. The van der Waals surface area contributed by atoms with Crippen molar-refractivity contribution in [2.45, 2.75) is 72.0 Å². The molecule has 3 aromatic carbocycles. The number of nitrogens with one attached hydrogen (secondary N) is 1. The number of amides is 2. The molecule has 0 radical (unpaired) electrons. The third-order valence-electron chi connectivity index (χ3n) is 7.11. The first-order valence-electron chi connectivity index (χ1n) is 14.2. The zero-order valence-electron chi connectivity index (χ0n) is 24.8. The molecule has 7 nitrogen and oxygen atoms in total. The highest BCUT2D eigenvalue weighted by Crippen LogP contribution is 2.23. The zero-order chi connectivity index (χ0) is 30.0. The van der Waals surface area contributed by atoms with Crippen LogP contribution in [-0.4, -0.2) is 50.0 Å². The standard InChI is InChI=1S/C33H43N3O4S/c1-6-27(4)34-33(38)31(23-28-14-9-7-10-15-28)35(24-29-16-11-8-12-17-29)32(37)18-13-19-36(41(5,39)40)30-21-25(2)20-26(3)22-30/h7-12,14-17,20-22,27,31H,6,13,18-19,23-24H2,1-5H3,(H,34,38)/t27-,31+/m1/s1. The maximum atomic E-state index is 13.9. The second-order valence-electron chi connectivity index (χ2n) is 10.8. The van der Waals surface area contributed by atoms with Crippen molar-refractivity contribution in [1.29, 1.82) is 0 Å². The minimum Gasteiger partial charge on any atom is -0.352 e. The van der Waals surface area contributed by atoms with E-state index in [1.165, 1.54) is 10.6 Å². The monoisotopic (exact) mass is 577 g/mol. The molecule has 220 valence electrons. The third kappa shape index (κ3) is 9.74. The maximum absolute atomic E-state index is 13.9. The molecular weight excluding hydrogens is 534 g/mol. The van der Waals surface area contributed by atoms with Crippen LogP contribution in [0.15, 0.2) is 78.9 Å². The molecule has 0 aliphatic rings. The van der Waals surface area contributed by atoms with Crippen molar-refractivity contribution in [3.63, 3.8) is 0 Å². The Morgan fingerprint density at radius 3 is 1.98 bits per heavy atom. The summed E-state index contributed by atoms with van der Waals surface area (Å²) >= 11 is 0. The number of hydrogen-bond donors (Lipinski definition) is 1. The molecule has 0 saturated carbocycles. The number of sulfonamides is 1. The summed E-state index contributed by atoms with van der Waals surface area (Å²) in [6, 6.07) is 24.2. The molecule has 0 aliphatic carbocycles. The molecule has 0 bridgehead atoms. The van der Waals surface area contributed by atoms with E-state index in [1.807, 2.05) is 107 Å². The maximum Gasteiger partial charge on any atom is 0.243 e. The fourth-order valence-corrected chi connectivity index (χ4v) is 5.82. The average molecular weight is 578 g/mol. The molecule has 2 amide bonds. The number of hydrogen-bond acceptors (Lipinski definition) is 4. The van der Waals surface area contributed by atoms with Gasteiger partial charge in [0, 0.05) is 32.0 Å². The highest BCUT2D eigenvalue weighted by molar-refractivity contribution is 7.92. The SMILES string of the molecule is CC[C@@H](C)NC(=O)[C@H](Cc1ccccc1)N(Cc1ccccc1)C(=O)CCCN(c1cc(C)cc(C)c1)S(C)(=O)=O. The van der Waals surface area contributed by atoms with Gasteiger partial charge in [-0.2, -0.15) is 0 Å². The van der Waals surface area contributed by atoms with E-state index in [0.29, 0.717) is 18.5 Å². The average Bonchev–Trinajstić information content (AvgIpc) is 2.92. The van der Waals surface area contributed by atoms with Crippen LogP contribution in [0.2, 0.25) is 0 Å². The van der Waals surface area contributed by atoms with Crippen LogP contribution in [0.1, 0.15) is 55.4 Å². The summed E-state index contributed by atoms with van der Waals surface area (Å²) in [6.07, 6.45) is 2.75. The zero-order valence-corrected chi connectivity index (χ0v) is 25.7. The van der Waals surface area contributed by atoms with Crippen LogP contribution in [0.25, 0.3) is 0 Å². The van der Waals surface area contributed by atoms with Gasteiger partial charge in [0.1, 0.15) is 6.04 Å². The Bertz CT molecular complexity index is 1370. The van der Waals surface area contributed by atoms with Crippen LogP contribution < -0.4 is 9.62 Å². The minimum absolute atomic E-state index is 0.0319. The molecule has 8 heteroatoms. The second-order valence-corrected chi connectivity index (χ2v) is 12.7. The van der Waals surface area contributed by atoms with Crippen molar-refractivity contribution in [2.24, 2.45) is 0 Å². The molecule has 2 atom stereocenters. The molecule has 41 heavy (non-hydrogen) atoms. The summed E-state index contributed by atoms with van der Waals surface area (Å²) < 4.78 is 26.8. The molecule has 0 saturated heterocycles. The van der Waals surface area contributed by atoms with Crippen LogP contribution in [0, 0.1) is 13.8 Å². The summed E-state index contributed by atoms with van der Waals surface area (Å²) in [4.78, 5) is 29.2. The first-order valence-corrected chi connectivity index (χ1v) is 16.1. The van der Waals surface area contributed by atoms with E-state index in [-0.39, 0.29) is 37.4 Å². The lowest BCUT2D eigenvalue weighted by molar-refractivity contribution is -0.141. The number of rotatable bonds is 14. The number of carbonyl (C=O) groups is 2. The minimum atomic E-state index is -3.56. The number of carbonyl (C=O) groups excluding carboxylic acids is 2. The fourth-order valence-electron chi connectivity index (χ4n) is 4.87. The number of aryl methyl sites for hydroxylation is 2. The molecule has 3 aromatic rings. The van der Waals surface area contributed by atoms with Crippen LogP contribution >= 0.6 is 0 Å². The van der Waals surface area contributed by atoms with E-state index in [1.54, 1.807) is 4.90 Å². The Labute approximate surface area is 245 Å². The van der Waals surface area contributed by atoms with Gasteiger partial charge < -0.3 is 10.2 Å². The van der Waals surface area contributed by atoms with Crippen molar-refractivity contribution < 1.29 is 18.0 Å². The van der Waals surface area contributed by atoms with Crippen molar-refractivity contribution in [3.8, 4) is 0 Å². The van der Waals surface area contributed by atoms with E-state index >= 15 is 0 Å². The van der Waals surface area contributed by atoms with Gasteiger partial charge >= 0.3 is 0 Å². The lowest BCUT2D eigenvalue weighted by atomic mass is 10.0. The van der Waals surface area contributed by atoms with Gasteiger partial charge in [0.2, 0.25) is 21.8 Å². The third-order valence-corrected chi connectivity index (χ3v) is 8.31. The Hall–Kier alpha value is -3.65. The molecule has 0 heterocycles. The molecule has 0 spiro atoms. The van der Waals surface area contributed by atoms with Crippen molar-refractivity contribution in [1.82, 2.24) is 10.2 Å². The molecule has 0 aliphatic heterocycles. The summed E-state index contributed by atoms with van der Waals surface area (Å²) in [5.41, 5.74) is 4.40. The molecule has 3 rings (SSSR count). The molecule has 0 fully saturated rings. The first kappa shape index (κ1) is 31.9. The van der Waals surface area contributed by atoms with Gasteiger partial charge in [0.15, 0.2) is 0 Å². The van der Waals surface area contributed by atoms with Gasteiger partial charge in [-0.05, 0) is 68.0 Å². The van der Waals surface area contributed by atoms with Gasteiger partial charge in [-0.25, -0.2) is 8.42 Å². The number of benzene rings is 3.